The number of rotatable bonds is 9. The molecule has 0 aliphatic rings. The zero-order chi connectivity index (χ0) is 11.7. The quantitative estimate of drug-likeness (QED) is 0.507. The SMILES string of the molecule is CCCCC(CC)C[N+](C)(C)CCCC. The van der Waals surface area contributed by atoms with Gasteiger partial charge < -0.3 is 4.48 Å². The molecule has 1 atom stereocenters. The topological polar surface area (TPSA) is 0 Å². The molecule has 0 fully saturated rings. The third-order valence-corrected chi connectivity index (χ3v) is 3.41. The van der Waals surface area contributed by atoms with E-state index in [0.717, 1.165) is 5.92 Å². The molecule has 0 aliphatic heterocycles. The van der Waals surface area contributed by atoms with Gasteiger partial charge in [0.25, 0.3) is 0 Å². The summed E-state index contributed by atoms with van der Waals surface area (Å²) in [4.78, 5) is 0. The molecule has 0 aromatic heterocycles. The Morgan fingerprint density at radius 1 is 0.933 bits per heavy atom. The molecule has 0 aromatic rings. The van der Waals surface area contributed by atoms with Crippen LogP contribution in [0.3, 0.4) is 0 Å². The van der Waals surface area contributed by atoms with Gasteiger partial charge in [-0.05, 0) is 19.3 Å². The van der Waals surface area contributed by atoms with Gasteiger partial charge in [-0.2, -0.15) is 0 Å². The fraction of sp³-hybridized carbons (Fsp3) is 1.00. The number of nitrogens with zero attached hydrogens (tertiary/aromatic N) is 1. The maximum atomic E-state index is 2.39. The molecule has 0 N–H and O–H groups in total. The summed E-state index contributed by atoms with van der Waals surface area (Å²) < 4.78 is 1.22. The Morgan fingerprint density at radius 2 is 1.53 bits per heavy atom. The normalized spacial score (nSPS) is 14.2. The van der Waals surface area contributed by atoms with E-state index >= 15 is 0 Å². The van der Waals surface area contributed by atoms with Gasteiger partial charge in [0.2, 0.25) is 0 Å². The van der Waals surface area contributed by atoms with Gasteiger partial charge in [-0.1, -0.05) is 40.0 Å². The predicted molar refractivity (Wildman–Crippen MR) is 70.1 cm³/mol. The molecule has 0 saturated heterocycles. The minimum atomic E-state index is 0.941. The largest absolute Gasteiger partial charge is 0.328 e. The lowest BCUT2D eigenvalue weighted by Crippen LogP contribution is -2.44. The van der Waals surface area contributed by atoms with Crippen LogP contribution in [0.1, 0.15) is 59.3 Å². The Bertz CT molecular complexity index is 140. The van der Waals surface area contributed by atoms with Crippen molar-refractivity contribution in [1.29, 1.82) is 0 Å². The standard InChI is InChI=1S/C14H32N/c1-6-9-11-14(8-3)13-15(4,5)12-10-7-2/h14H,6-13H2,1-5H3/q+1. The maximum absolute atomic E-state index is 2.39. The molecular formula is C14H32N+. The van der Waals surface area contributed by atoms with Crippen molar-refractivity contribution in [1.82, 2.24) is 0 Å². The summed E-state index contributed by atoms with van der Waals surface area (Å²) in [5.74, 6) is 0.941. The summed E-state index contributed by atoms with van der Waals surface area (Å²) in [5, 5.41) is 0. The monoisotopic (exact) mass is 214 g/mol. The number of quaternary nitrogens is 1. The molecular weight excluding hydrogens is 182 g/mol. The molecule has 0 saturated carbocycles. The van der Waals surface area contributed by atoms with E-state index in [4.69, 9.17) is 0 Å². The molecule has 0 radical (unpaired) electrons. The van der Waals surface area contributed by atoms with E-state index in [1.807, 2.05) is 0 Å². The summed E-state index contributed by atoms with van der Waals surface area (Å²) in [5.41, 5.74) is 0. The van der Waals surface area contributed by atoms with Crippen LogP contribution in [0.5, 0.6) is 0 Å². The third-order valence-electron chi connectivity index (χ3n) is 3.41. The minimum Gasteiger partial charge on any atom is -0.328 e. The summed E-state index contributed by atoms with van der Waals surface area (Å²) in [6.07, 6.45) is 8.24. The van der Waals surface area contributed by atoms with Crippen molar-refractivity contribution in [2.24, 2.45) is 5.92 Å². The van der Waals surface area contributed by atoms with Crippen molar-refractivity contribution in [3.63, 3.8) is 0 Å². The summed E-state index contributed by atoms with van der Waals surface area (Å²) in [7, 11) is 4.79. The third kappa shape index (κ3) is 7.84. The van der Waals surface area contributed by atoms with Crippen molar-refractivity contribution in [2.45, 2.75) is 59.3 Å². The number of hydrogen-bond donors (Lipinski definition) is 0. The molecule has 1 nitrogen and oxygen atoms in total. The van der Waals surface area contributed by atoms with Crippen LogP contribution < -0.4 is 0 Å². The Kier molecular flexibility index (Phi) is 8.13. The molecule has 0 aliphatic carbocycles. The Hall–Kier alpha value is -0.0400. The zero-order valence-corrected chi connectivity index (χ0v) is 11.7. The molecule has 92 valence electrons. The lowest BCUT2D eigenvalue weighted by molar-refractivity contribution is -0.894. The van der Waals surface area contributed by atoms with Crippen molar-refractivity contribution >= 4 is 0 Å². The summed E-state index contributed by atoms with van der Waals surface area (Å²) >= 11 is 0. The van der Waals surface area contributed by atoms with Crippen LogP contribution in [0.4, 0.5) is 0 Å². The van der Waals surface area contributed by atoms with Gasteiger partial charge in [0.05, 0.1) is 27.2 Å². The average Bonchev–Trinajstić information content (AvgIpc) is 2.21. The van der Waals surface area contributed by atoms with Gasteiger partial charge >= 0.3 is 0 Å². The van der Waals surface area contributed by atoms with Gasteiger partial charge in [-0.25, -0.2) is 0 Å². The fourth-order valence-electron chi connectivity index (χ4n) is 2.29. The second-order valence-corrected chi connectivity index (χ2v) is 5.61. The lowest BCUT2D eigenvalue weighted by atomic mass is 9.98. The first-order valence-electron chi connectivity index (χ1n) is 6.87. The van der Waals surface area contributed by atoms with Gasteiger partial charge in [-0.15, -0.1) is 0 Å². The van der Waals surface area contributed by atoms with Crippen LogP contribution in [0, 0.1) is 5.92 Å². The van der Waals surface area contributed by atoms with Gasteiger partial charge in [0, 0.05) is 5.92 Å². The lowest BCUT2D eigenvalue weighted by Gasteiger charge is -2.33. The van der Waals surface area contributed by atoms with Gasteiger partial charge in [0.15, 0.2) is 0 Å². The molecule has 0 spiro atoms. The molecule has 0 rings (SSSR count). The fourth-order valence-corrected chi connectivity index (χ4v) is 2.29. The smallest absolute Gasteiger partial charge is 0.0810 e. The Balaban J connectivity index is 3.90. The van der Waals surface area contributed by atoms with E-state index in [0.29, 0.717) is 0 Å². The van der Waals surface area contributed by atoms with E-state index in [9.17, 15) is 0 Å². The number of hydrogen-bond acceptors (Lipinski definition) is 0. The van der Waals surface area contributed by atoms with Crippen LogP contribution >= 0.6 is 0 Å². The Labute approximate surface area is 97.5 Å². The molecule has 1 unspecified atom stereocenters. The second kappa shape index (κ2) is 8.15. The van der Waals surface area contributed by atoms with E-state index < -0.39 is 0 Å². The first kappa shape index (κ1) is 15.0. The van der Waals surface area contributed by atoms with Crippen LogP contribution in [0.25, 0.3) is 0 Å². The highest BCUT2D eigenvalue weighted by molar-refractivity contribution is 4.56. The summed E-state index contributed by atoms with van der Waals surface area (Å²) in [6, 6.07) is 0. The van der Waals surface area contributed by atoms with Gasteiger partial charge in [0.1, 0.15) is 0 Å². The van der Waals surface area contributed by atoms with Crippen LogP contribution in [-0.2, 0) is 0 Å². The van der Waals surface area contributed by atoms with E-state index in [1.54, 1.807) is 0 Å². The first-order chi connectivity index (χ1) is 7.05. The molecule has 15 heavy (non-hydrogen) atoms. The zero-order valence-electron chi connectivity index (χ0n) is 11.7. The molecule has 0 heterocycles. The van der Waals surface area contributed by atoms with Crippen molar-refractivity contribution in [3.8, 4) is 0 Å². The second-order valence-electron chi connectivity index (χ2n) is 5.61. The highest BCUT2D eigenvalue weighted by Crippen LogP contribution is 2.17. The molecule has 0 aromatic carbocycles. The van der Waals surface area contributed by atoms with E-state index in [1.165, 1.54) is 56.1 Å². The minimum absolute atomic E-state index is 0.941. The van der Waals surface area contributed by atoms with Crippen LogP contribution in [0.2, 0.25) is 0 Å². The molecule has 1 heteroatoms. The van der Waals surface area contributed by atoms with E-state index in [2.05, 4.69) is 34.9 Å². The number of unbranched alkanes of at least 4 members (excludes halogenated alkanes) is 2. The summed E-state index contributed by atoms with van der Waals surface area (Å²) in [6.45, 7) is 9.65. The van der Waals surface area contributed by atoms with E-state index in [-0.39, 0.29) is 0 Å². The van der Waals surface area contributed by atoms with Crippen molar-refractivity contribution in [3.05, 3.63) is 0 Å². The highest BCUT2D eigenvalue weighted by Gasteiger charge is 2.19. The predicted octanol–water partition coefficient (Wildman–Crippen LogP) is 4.08. The molecule has 0 bridgehead atoms. The van der Waals surface area contributed by atoms with Crippen molar-refractivity contribution in [2.75, 3.05) is 27.2 Å². The van der Waals surface area contributed by atoms with Gasteiger partial charge in [-0.3, -0.25) is 0 Å². The first-order valence-corrected chi connectivity index (χ1v) is 6.87. The highest BCUT2D eigenvalue weighted by atomic mass is 15.3. The molecule has 0 amide bonds. The van der Waals surface area contributed by atoms with Crippen molar-refractivity contribution < 1.29 is 4.48 Å². The average molecular weight is 214 g/mol. The maximum Gasteiger partial charge on any atom is 0.0810 e. The van der Waals surface area contributed by atoms with Crippen LogP contribution in [0.15, 0.2) is 0 Å². The Morgan fingerprint density at radius 3 is 2.00 bits per heavy atom. The van der Waals surface area contributed by atoms with Crippen LogP contribution in [-0.4, -0.2) is 31.7 Å².